The molecule has 0 radical (unpaired) electrons. The molecule has 5 heteroatoms. The van der Waals surface area contributed by atoms with Gasteiger partial charge in [0, 0.05) is 18.3 Å². The number of carbonyl (C=O) groups excluding carboxylic acids is 1. The Labute approximate surface area is 152 Å². The lowest BCUT2D eigenvalue weighted by molar-refractivity contribution is -0.116. The van der Waals surface area contributed by atoms with Gasteiger partial charge in [-0.15, -0.1) is 0 Å². The van der Waals surface area contributed by atoms with E-state index in [1.165, 1.54) is 6.21 Å². The van der Waals surface area contributed by atoms with Crippen LogP contribution in [0.2, 0.25) is 5.02 Å². The molecule has 0 saturated heterocycles. The van der Waals surface area contributed by atoms with Gasteiger partial charge in [0.2, 0.25) is 0 Å². The van der Waals surface area contributed by atoms with E-state index in [4.69, 9.17) is 11.6 Å². The molecule has 0 saturated carbocycles. The van der Waals surface area contributed by atoms with Crippen LogP contribution < -0.4 is 5.32 Å². The van der Waals surface area contributed by atoms with Crippen LogP contribution in [0.3, 0.4) is 0 Å². The number of likely N-dealkylation sites (N-methyl/N-ethyl adjacent to an activating group) is 1. The summed E-state index contributed by atoms with van der Waals surface area (Å²) in [4.78, 5) is 16.8. The van der Waals surface area contributed by atoms with E-state index in [1.807, 2.05) is 44.2 Å². The highest BCUT2D eigenvalue weighted by Gasteiger charge is 2.16. The van der Waals surface area contributed by atoms with E-state index in [-0.39, 0.29) is 17.4 Å². The number of nitrogens with one attached hydrogen (secondary N) is 1. The summed E-state index contributed by atoms with van der Waals surface area (Å²) >= 11 is 6.13. The van der Waals surface area contributed by atoms with Crippen LogP contribution in [0.4, 0.5) is 0 Å². The summed E-state index contributed by atoms with van der Waals surface area (Å²) in [7, 11) is 0. The Morgan fingerprint density at radius 3 is 2.48 bits per heavy atom. The van der Waals surface area contributed by atoms with E-state index in [1.54, 1.807) is 24.3 Å². The molecule has 0 aliphatic carbocycles. The molecule has 0 heterocycles. The third-order valence-corrected chi connectivity index (χ3v) is 4.00. The van der Waals surface area contributed by atoms with Crippen molar-refractivity contribution in [1.29, 1.82) is 0 Å². The molecule has 0 bridgehead atoms. The Morgan fingerprint density at radius 2 is 1.84 bits per heavy atom. The predicted molar refractivity (Wildman–Crippen MR) is 103 cm³/mol. The quantitative estimate of drug-likeness (QED) is 0.452. The lowest BCUT2D eigenvalue weighted by Crippen LogP contribution is -2.26. The maximum Gasteiger partial charge on any atom is 0.256 e. The molecule has 4 nitrogen and oxygen atoms in total. The number of aliphatic hydroxyl groups excluding tert-OH is 1. The first-order valence-electron chi connectivity index (χ1n) is 8.09. The average molecular weight is 357 g/mol. The van der Waals surface area contributed by atoms with Gasteiger partial charge in [-0.1, -0.05) is 54.1 Å². The molecule has 0 spiro atoms. The largest absolute Gasteiger partial charge is 0.506 e. The van der Waals surface area contributed by atoms with Crippen molar-refractivity contribution in [3.8, 4) is 0 Å². The molecule has 0 aliphatic heterocycles. The van der Waals surface area contributed by atoms with Gasteiger partial charge in [-0.25, -0.2) is 0 Å². The summed E-state index contributed by atoms with van der Waals surface area (Å²) in [5.41, 5.74) is 1.49. The zero-order chi connectivity index (χ0) is 18.2. The third kappa shape index (κ3) is 4.94. The Hall–Kier alpha value is -2.59. The molecule has 1 atom stereocenters. The minimum Gasteiger partial charge on any atom is -0.506 e. The summed E-state index contributed by atoms with van der Waals surface area (Å²) in [5.74, 6) is -0.593. The molecule has 2 aromatic carbocycles. The first kappa shape index (κ1) is 18.7. The van der Waals surface area contributed by atoms with E-state index in [9.17, 15) is 9.90 Å². The summed E-state index contributed by atoms with van der Waals surface area (Å²) in [5, 5.41) is 13.6. The van der Waals surface area contributed by atoms with Crippen LogP contribution >= 0.6 is 11.6 Å². The van der Waals surface area contributed by atoms with Crippen molar-refractivity contribution in [2.75, 3.05) is 6.54 Å². The number of aliphatic hydroxyl groups is 1. The van der Waals surface area contributed by atoms with Crippen LogP contribution in [0.25, 0.3) is 5.76 Å². The molecule has 130 valence electrons. The minimum atomic E-state index is -0.399. The molecular formula is C20H21ClN2O2. The average Bonchev–Trinajstić information content (AvgIpc) is 2.63. The fourth-order valence-corrected chi connectivity index (χ4v) is 2.51. The van der Waals surface area contributed by atoms with Crippen LogP contribution in [0.15, 0.2) is 65.2 Å². The number of amides is 1. The van der Waals surface area contributed by atoms with Gasteiger partial charge in [0.15, 0.2) is 0 Å². The topological polar surface area (TPSA) is 61.7 Å². The van der Waals surface area contributed by atoms with Gasteiger partial charge in [-0.3, -0.25) is 9.79 Å². The monoisotopic (exact) mass is 356 g/mol. The molecule has 0 aromatic heterocycles. The maximum absolute atomic E-state index is 12.4. The lowest BCUT2D eigenvalue weighted by Gasteiger charge is -2.10. The predicted octanol–water partition coefficient (Wildman–Crippen LogP) is 4.58. The van der Waals surface area contributed by atoms with Crippen molar-refractivity contribution in [2.45, 2.75) is 19.9 Å². The Bertz CT molecular complexity index is 785. The van der Waals surface area contributed by atoms with Crippen LogP contribution in [0.1, 0.15) is 31.0 Å². The fourth-order valence-electron chi connectivity index (χ4n) is 2.29. The standard InChI is InChI=1S/C20H21ClN2O2/c1-3-22-20(25)17(19(24)16-11-7-8-12-18(16)21)13-23-14(2)15-9-5-4-6-10-15/h4-14,24H,3H2,1-2H3,(H,22,25). The Balaban J connectivity index is 2.40. The van der Waals surface area contributed by atoms with Crippen molar-refractivity contribution in [2.24, 2.45) is 4.99 Å². The smallest absolute Gasteiger partial charge is 0.256 e. The van der Waals surface area contributed by atoms with Gasteiger partial charge in [-0.05, 0) is 31.5 Å². The zero-order valence-corrected chi connectivity index (χ0v) is 15.0. The Kier molecular flexibility index (Phi) is 6.78. The molecule has 2 rings (SSSR count). The number of halogens is 1. The van der Waals surface area contributed by atoms with Gasteiger partial charge in [-0.2, -0.15) is 0 Å². The number of carbonyl (C=O) groups is 1. The molecule has 25 heavy (non-hydrogen) atoms. The molecule has 1 unspecified atom stereocenters. The third-order valence-electron chi connectivity index (χ3n) is 3.68. The highest BCUT2D eigenvalue weighted by Crippen LogP contribution is 2.24. The van der Waals surface area contributed by atoms with E-state index in [0.29, 0.717) is 17.1 Å². The van der Waals surface area contributed by atoms with Crippen LogP contribution in [-0.4, -0.2) is 23.8 Å². The van der Waals surface area contributed by atoms with Crippen molar-refractivity contribution < 1.29 is 9.90 Å². The van der Waals surface area contributed by atoms with E-state index in [2.05, 4.69) is 10.3 Å². The van der Waals surface area contributed by atoms with E-state index >= 15 is 0 Å². The normalized spacial score (nSPS) is 13.4. The number of nitrogens with zero attached hydrogens (tertiary/aromatic N) is 1. The number of hydrogen-bond acceptors (Lipinski definition) is 3. The van der Waals surface area contributed by atoms with E-state index in [0.717, 1.165) is 5.56 Å². The summed E-state index contributed by atoms with van der Waals surface area (Å²) in [6, 6.07) is 16.4. The lowest BCUT2D eigenvalue weighted by atomic mass is 10.1. The fraction of sp³-hybridized carbons (Fsp3) is 0.200. The van der Waals surface area contributed by atoms with Crippen molar-refractivity contribution >= 4 is 29.5 Å². The molecule has 0 fully saturated rings. The zero-order valence-electron chi connectivity index (χ0n) is 14.2. The first-order valence-corrected chi connectivity index (χ1v) is 8.46. The van der Waals surface area contributed by atoms with Crippen molar-refractivity contribution in [3.63, 3.8) is 0 Å². The molecular weight excluding hydrogens is 336 g/mol. The second-order valence-electron chi connectivity index (χ2n) is 5.47. The summed E-state index contributed by atoms with van der Waals surface area (Å²) < 4.78 is 0. The summed E-state index contributed by atoms with van der Waals surface area (Å²) in [6.45, 7) is 4.18. The van der Waals surface area contributed by atoms with Crippen LogP contribution in [0.5, 0.6) is 0 Å². The van der Waals surface area contributed by atoms with E-state index < -0.39 is 5.91 Å². The molecule has 2 aromatic rings. The van der Waals surface area contributed by atoms with Crippen molar-refractivity contribution in [1.82, 2.24) is 5.32 Å². The molecule has 0 aliphatic rings. The van der Waals surface area contributed by atoms with Gasteiger partial charge >= 0.3 is 0 Å². The van der Waals surface area contributed by atoms with Gasteiger partial charge in [0.25, 0.3) is 5.91 Å². The highest BCUT2D eigenvalue weighted by molar-refractivity contribution is 6.32. The first-order chi connectivity index (χ1) is 12.0. The van der Waals surface area contributed by atoms with Crippen LogP contribution in [0, 0.1) is 0 Å². The number of rotatable bonds is 6. The highest BCUT2D eigenvalue weighted by atomic mass is 35.5. The number of aliphatic imine (C=N–C) groups is 1. The van der Waals surface area contributed by atoms with Crippen molar-refractivity contribution in [3.05, 3.63) is 76.3 Å². The second kappa shape index (κ2) is 9.04. The van der Waals surface area contributed by atoms with Crippen LogP contribution in [-0.2, 0) is 4.79 Å². The number of benzene rings is 2. The summed E-state index contributed by atoms with van der Waals surface area (Å²) in [6.07, 6.45) is 1.40. The SMILES string of the molecule is CCNC(=O)C(C=NC(C)c1ccccc1)=C(O)c1ccccc1Cl. The Morgan fingerprint density at radius 1 is 1.20 bits per heavy atom. The van der Waals surface area contributed by atoms with Gasteiger partial charge < -0.3 is 10.4 Å². The van der Waals surface area contributed by atoms with Gasteiger partial charge in [0.1, 0.15) is 5.76 Å². The molecule has 2 N–H and O–H groups in total. The molecule has 1 amide bonds. The number of hydrogen-bond donors (Lipinski definition) is 2. The minimum absolute atomic E-state index is 0.0812. The second-order valence-corrected chi connectivity index (χ2v) is 5.87. The van der Waals surface area contributed by atoms with Gasteiger partial charge in [0.05, 0.1) is 16.6 Å². The maximum atomic E-state index is 12.4.